The third kappa shape index (κ3) is 6.42. The number of likely N-dealkylation sites (tertiary alicyclic amines) is 1. The number of benzene rings is 1. The van der Waals surface area contributed by atoms with Crippen LogP contribution < -0.4 is 0 Å². The molecule has 32 heavy (non-hydrogen) atoms. The third-order valence-corrected chi connectivity index (χ3v) is 6.86. The number of hydrogen-bond acceptors (Lipinski definition) is 6. The predicted octanol–water partition coefficient (Wildman–Crippen LogP) is 4.05. The van der Waals surface area contributed by atoms with Crippen molar-refractivity contribution < 1.29 is 18.7 Å². The quantitative estimate of drug-likeness (QED) is 0.323. The van der Waals surface area contributed by atoms with Crippen LogP contribution in [0, 0.1) is 11.7 Å². The number of nitrogens with zero attached hydrogens (tertiary/aromatic N) is 2. The molecular formula is C25H35FN2O3S. The van der Waals surface area contributed by atoms with Crippen LogP contribution in [0.3, 0.4) is 0 Å². The molecule has 2 fully saturated rings. The van der Waals surface area contributed by atoms with Crippen molar-refractivity contribution in [1.82, 2.24) is 9.80 Å². The summed E-state index contributed by atoms with van der Waals surface area (Å²) >= 11 is 4.77. The van der Waals surface area contributed by atoms with Crippen molar-refractivity contribution in [2.75, 3.05) is 32.8 Å². The molecule has 0 aromatic heterocycles. The van der Waals surface area contributed by atoms with Gasteiger partial charge in [-0.3, -0.25) is 19.4 Å². The number of carbonyl (C=O) groups excluding carboxylic acids is 2. The van der Waals surface area contributed by atoms with E-state index < -0.39 is 6.04 Å². The largest absolute Gasteiger partial charge is 0.465 e. The normalized spacial score (nSPS) is 21.8. The summed E-state index contributed by atoms with van der Waals surface area (Å²) in [4.78, 5) is 29.3. The molecule has 5 nitrogen and oxygen atoms in total. The van der Waals surface area contributed by atoms with Gasteiger partial charge in [0.15, 0.2) is 5.78 Å². The van der Waals surface area contributed by atoms with Gasteiger partial charge in [0.05, 0.1) is 19.2 Å². The number of halogens is 1. The molecule has 1 saturated carbocycles. The molecule has 1 heterocycles. The Morgan fingerprint density at radius 1 is 1.28 bits per heavy atom. The molecule has 3 rings (SSSR count). The van der Waals surface area contributed by atoms with Crippen molar-refractivity contribution in [2.45, 2.75) is 57.4 Å². The molecule has 0 bridgehead atoms. The van der Waals surface area contributed by atoms with Crippen molar-refractivity contribution in [3.63, 3.8) is 0 Å². The zero-order chi connectivity index (χ0) is 23.3. The molecular weight excluding hydrogens is 427 g/mol. The lowest BCUT2D eigenvalue weighted by Gasteiger charge is -2.38. The summed E-state index contributed by atoms with van der Waals surface area (Å²) < 4.78 is 19.8. The summed E-state index contributed by atoms with van der Waals surface area (Å²) in [7, 11) is 0. The average molecular weight is 463 g/mol. The minimum atomic E-state index is -0.561. The Labute approximate surface area is 196 Å². The molecule has 1 aliphatic heterocycles. The highest BCUT2D eigenvalue weighted by atomic mass is 32.1. The van der Waals surface area contributed by atoms with Crippen molar-refractivity contribution in [1.29, 1.82) is 0 Å². The molecule has 0 radical (unpaired) electrons. The first kappa shape index (κ1) is 24.9. The molecule has 2 atom stereocenters. The second kappa shape index (κ2) is 11.4. The number of ether oxygens (including phenoxy) is 1. The first-order valence-electron chi connectivity index (χ1n) is 11.6. The van der Waals surface area contributed by atoms with Crippen LogP contribution in [0.15, 0.2) is 35.9 Å². The fourth-order valence-corrected chi connectivity index (χ4v) is 4.50. The van der Waals surface area contributed by atoms with Gasteiger partial charge in [-0.15, -0.1) is 0 Å². The molecule has 0 spiro atoms. The lowest BCUT2D eigenvalue weighted by atomic mass is 9.93. The molecule has 1 aromatic carbocycles. The Hall–Kier alpha value is -1.70. The van der Waals surface area contributed by atoms with Crippen molar-refractivity contribution in [3.05, 3.63) is 47.3 Å². The Morgan fingerprint density at radius 2 is 2.00 bits per heavy atom. The number of ketones is 1. The van der Waals surface area contributed by atoms with E-state index in [4.69, 9.17) is 17.4 Å². The maximum absolute atomic E-state index is 14.7. The molecule has 176 valence electrons. The lowest BCUT2D eigenvalue weighted by molar-refractivity contribution is -0.144. The summed E-state index contributed by atoms with van der Waals surface area (Å²) in [5.41, 5.74) is 1.58. The summed E-state index contributed by atoms with van der Waals surface area (Å²) in [5, 5.41) is 0.0835. The smallest absolute Gasteiger partial charge is 0.320 e. The minimum absolute atomic E-state index is 0.0433. The number of Topliss-reactive ketones (excluding diaryl/α,β-unsaturated/α-hetero) is 1. The van der Waals surface area contributed by atoms with E-state index in [9.17, 15) is 14.0 Å². The van der Waals surface area contributed by atoms with Gasteiger partial charge in [0, 0.05) is 42.4 Å². The van der Waals surface area contributed by atoms with Crippen LogP contribution in [0.25, 0.3) is 0 Å². The van der Waals surface area contributed by atoms with Gasteiger partial charge in [-0.05, 0) is 51.7 Å². The molecule has 1 aromatic rings. The van der Waals surface area contributed by atoms with Gasteiger partial charge in [0.25, 0.3) is 0 Å². The van der Waals surface area contributed by atoms with Gasteiger partial charge in [-0.25, -0.2) is 4.39 Å². The van der Waals surface area contributed by atoms with E-state index in [2.05, 4.69) is 11.0 Å². The SMILES string of the molecule is CCOC(=O)CN(C/C=C1\CN(C(C(=O)C2CC2)c2ccccc2F)CCC1S)C(C)C. The lowest BCUT2D eigenvalue weighted by Crippen LogP contribution is -2.43. The number of hydrogen-bond donors (Lipinski definition) is 1. The Morgan fingerprint density at radius 3 is 2.62 bits per heavy atom. The highest BCUT2D eigenvalue weighted by Crippen LogP contribution is 2.39. The number of rotatable bonds is 10. The van der Waals surface area contributed by atoms with Crippen LogP contribution in [0.4, 0.5) is 4.39 Å². The summed E-state index contributed by atoms with van der Waals surface area (Å²) in [6.07, 6.45) is 4.69. The van der Waals surface area contributed by atoms with Gasteiger partial charge < -0.3 is 4.74 Å². The van der Waals surface area contributed by atoms with Crippen LogP contribution in [0.5, 0.6) is 0 Å². The van der Waals surface area contributed by atoms with E-state index in [1.807, 2.05) is 18.7 Å². The Bertz CT molecular complexity index is 840. The van der Waals surface area contributed by atoms with Gasteiger partial charge in [-0.1, -0.05) is 24.3 Å². The van der Waals surface area contributed by atoms with E-state index in [1.165, 1.54) is 6.07 Å². The Kier molecular flexibility index (Phi) is 8.91. The highest BCUT2D eigenvalue weighted by Gasteiger charge is 2.40. The van der Waals surface area contributed by atoms with Gasteiger partial charge >= 0.3 is 5.97 Å². The predicted molar refractivity (Wildman–Crippen MR) is 127 cm³/mol. The first-order valence-corrected chi connectivity index (χ1v) is 12.1. The maximum atomic E-state index is 14.7. The fraction of sp³-hybridized carbons (Fsp3) is 0.600. The van der Waals surface area contributed by atoms with Crippen molar-refractivity contribution >= 4 is 24.4 Å². The topological polar surface area (TPSA) is 49.9 Å². The van der Waals surface area contributed by atoms with E-state index in [0.717, 1.165) is 24.8 Å². The zero-order valence-electron chi connectivity index (χ0n) is 19.3. The summed E-state index contributed by atoms with van der Waals surface area (Å²) in [6, 6.07) is 6.23. The third-order valence-electron chi connectivity index (χ3n) is 6.27. The van der Waals surface area contributed by atoms with Crippen LogP contribution in [-0.2, 0) is 14.3 Å². The monoisotopic (exact) mass is 462 g/mol. The Balaban J connectivity index is 1.78. The van der Waals surface area contributed by atoms with Gasteiger partial charge in [-0.2, -0.15) is 12.6 Å². The molecule has 1 saturated heterocycles. The fourth-order valence-electron chi connectivity index (χ4n) is 4.20. The second-order valence-electron chi connectivity index (χ2n) is 8.98. The van der Waals surface area contributed by atoms with Crippen LogP contribution in [0.1, 0.15) is 51.6 Å². The van der Waals surface area contributed by atoms with Crippen molar-refractivity contribution in [2.24, 2.45) is 5.92 Å². The molecule has 2 unspecified atom stereocenters. The summed E-state index contributed by atoms with van der Waals surface area (Å²) in [5.74, 6) is -0.396. The van der Waals surface area contributed by atoms with Gasteiger partial charge in [0.1, 0.15) is 5.82 Å². The number of piperidine rings is 1. The number of carbonyl (C=O) groups is 2. The van der Waals surface area contributed by atoms with Gasteiger partial charge in [0.2, 0.25) is 0 Å². The second-order valence-corrected chi connectivity index (χ2v) is 9.61. The standard InChI is InChI=1S/C25H35FN2O3S/c1-4-31-23(29)16-27(17(2)3)13-11-19-15-28(14-12-22(19)32)24(25(30)18-9-10-18)20-7-5-6-8-21(20)26/h5-8,11,17-18,22,24,32H,4,9-10,12-16H2,1-3H3/b19-11+. The molecule has 1 aliphatic carbocycles. The van der Waals surface area contributed by atoms with Crippen molar-refractivity contribution in [3.8, 4) is 0 Å². The van der Waals surface area contributed by atoms with E-state index in [0.29, 0.717) is 31.8 Å². The van der Waals surface area contributed by atoms with Crippen LogP contribution in [0.2, 0.25) is 0 Å². The van der Waals surface area contributed by atoms with Crippen LogP contribution >= 0.6 is 12.6 Å². The molecule has 2 aliphatic rings. The number of thiol groups is 1. The zero-order valence-corrected chi connectivity index (χ0v) is 20.2. The average Bonchev–Trinajstić information content (AvgIpc) is 3.59. The van der Waals surface area contributed by atoms with Crippen LogP contribution in [-0.4, -0.2) is 65.6 Å². The number of esters is 1. The van der Waals surface area contributed by atoms with E-state index in [-0.39, 0.29) is 41.3 Å². The first-order chi connectivity index (χ1) is 15.3. The molecule has 7 heteroatoms. The highest BCUT2D eigenvalue weighted by molar-refractivity contribution is 7.81. The molecule has 0 amide bonds. The summed E-state index contributed by atoms with van der Waals surface area (Å²) in [6.45, 7) is 8.35. The van der Waals surface area contributed by atoms with E-state index in [1.54, 1.807) is 25.1 Å². The minimum Gasteiger partial charge on any atom is -0.465 e. The maximum Gasteiger partial charge on any atom is 0.320 e. The van der Waals surface area contributed by atoms with E-state index >= 15 is 0 Å². The molecule has 0 N–H and O–H groups in total.